The lowest BCUT2D eigenvalue weighted by molar-refractivity contribution is -0.119. The Labute approximate surface area is 155 Å². The molecule has 0 fully saturated rings. The first-order valence-corrected chi connectivity index (χ1v) is 8.06. The molecule has 0 heterocycles. The highest BCUT2D eigenvalue weighted by atomic mass is 16.5. The summed E-state index contributed by atoms with van der Waals surface area (Å²) in [5.41, 5.74) is 1.45. The average molecular weight is 369 g/mol. The molecule has 0 spiro atoms. The highest BCUT2D eigenvalue weighted by Gasteiger charge is 2.12. The molecule has 0 saturated heterocycles. The van der Waals surface area contributed by atoms with Crippen molar-refractivity contribution in [1.29, 1.82) is 0 Å². The van der Waals surface area contributed by atoms with Gasteiger partial charge in [0.2, 0.25) is 5.91 Å². The molecule has 0 aromatic heterocycles. The number of anilines is 2. The molecule has 2 aromatic rings. The molecular formula is C19H19N3O5. The number of hydrogen-bond donors (Lipinski definition) is 3. The minimum atomic E-state index is -0.698. The fraction of sp³-hybridized carbons (Fsp3) is 0.158. The van der Waals surface area contributed by atoms with Gasteiger partial charge in [-0.25, -0.2) is 4.79 Å². The SMILES string of the molecule is CNC(=O)c1cccc(NC(=O)COC(=O)c2cccc(NC(C)=O)c2)c1. The Hall–Kier alpha value is -3.68. The summed E-state index contributed by atoms with van der Waals surface area (Å²) in [5, 5.41) is 7.60. The molecule has 0 bridgehead atoms. The van der Waals surface area contributed by atoms with E-state index in [9.17, 15) is 19.2 Å². The van der Waals surface area contributed by atoms with Crippen LogP contribution in [0, 0.1) is 0 Å². The Morgan fingerprint density at radius 1 is 0.889 bits per heavy atom. The van der Waals surface area contributed by atoms with Crippen molar-refractivity contribution in [2.45, 2.75) is 6.92 Å². The van der Waals surface area contributed by atoms with Crippen molar-refractivity contribution in [2.24, 2.45) is 0 Å². The first-order chi connectivity index (χ1) is 12.9. The predicted octanol–water partition coefficient (Wildman–Crippen LogP) is 1.80. The molecule has 0 aliphatic rings. The van der Waals surface area contributed by atoms with Crippen LogP contribution in [-0.2, 0) is 14.3 Å². The summed E-state index contributed by atoms with van der Waals surface area (Å²) < 4.78 is 4.98. The average Bonchev–Trinajstić information content (AvgIpc) is 2.65. The zero-order valence-electron chi connectivity index (χ0n) is 14.9. The van der Waals surface area contributed by atoms with Gasteiger partial charge < -0.3 is 20.7 Å². The molecule has 27 heavy (non-hydrogen) atoms. The number of ether oxygens (including phenoxy) is 1. The zero-order chi connectivity index (χ0) is 19.8. The molecule has 0 radical (unpaired) electrons. The van der Waals surface area contributed by atoms with E-state index in [1.807, 2.05) is 0 Å². The van der Waals surface area contributed by atoms with Gasteiger partial charge in [-0.1, -0.05) is 12.1 Å². The third-order valence-electron chi connectivity index (χ3n) is 3.39. The van der Waals surface area contributed by atoms with Crippen LogP contribution >= 0.6 is 0 Å². The lowest BCUT2D eigenvalue weighted by Gasteiger charge is -2.09. The Balaban J connectivity index is 1.93. The number of rotatable bonds is 6. The third kappa shape index (κ3) is 5.96. The van der Waals surface area contributed by atoms with Crippen LogP contribution in [0.5, 0.6) is 0 Å². The molecule has 0 saturated carbocycles. The van der Waals surface area contributed by atoms with Crippen LogP contribution in [0.4, 0.5) is 11.4 Å². The number of benzene rings is 2. The zero-order valence-corrected chi connectivity index (χ0v) is 14.9. The van der Waals surface area contributed by atoms with E-state index in [4.69, 9.17) is 4.74 Å². The van der Waals surface area contributed by atoms with Crippen molar-refractivity contribution >= 4 is 35.1 Å². The van der Waals surface area contributed by atoms with Gasteiger partial charge in [0.25, 0.3) is 11.8 Å². The lowest BCUT2D eigenvalue weighted by atomic mass is 10.2. The normalized spacial score (nSPS) is 9.85. The van der Waals surface area contributed by atoms with E-state index >= 15 is 0 Å². The quantitative estimate of drug-likeness (QED) is 0.672. The fourth-order valence-electron chi connectivity index (χ4n) is 2.22. The van der Waals surface area contributed by atoms with E-state index in [1.54, 1.807) is 30.3 Å². The first kappa shape index (κ1) is 19.6. The van der Waals surface area contributed by atoms with Crippen molar-refractivity contribution in [2.75, 3.05) is 24.3 Å². The van der Waals surface area contributed by atoms with Gasteiger partial charge in [-0.15, -0.1) is 0 Å². The van der Waals surface area contributed by atoms with Crippen LogP contribution in [0.2, 0.25) is 0 Å². The van der Waals surface area contributed by atoms with Gasteiger partial charge in [0.15, 0.2) is 6.61 Å². The summed E-state index contributed by atoms with van der Waals surface area (Å²) in [6.07, 6.45) is 0. The molecule has 3 amide bonds. The van der Waals surface area contributed by atoms with E-state index in [1.165, 1.54) is 32.2 Å². The van der Waals surface area contributed by atoms with E-state index in [2.05, 4.69) is 16.0 Å². The molecule has 8 heteroatoms. The Kier molecular flexibility index (Phi) is 6.65. The van der Waals surface area contributed by atoms with Gasteiger partial charge in [-0.05, 0) is 36.4 Å². The van der Waals surface area contributed by atoms with Gasteiger partial charge >= 0.3 is 5.97 Å². The van der Waals surface area contributed by atoms with Crippen LogP contribution in [-0.4, -0.2) is 37.3 Å². The van der Waals surface area contributed by atoms with Gasteiger partial charge in [0.05, 0.1) is 5.56 Å². The highest BCUT2D eigenvalue weighted by Crippen LogP contribution is 2.13. The molecule has 0 atom stereocenters. The summed E-state index contributed by atoms with van der Waals surface area (Å²) in [7, 11) is 1.51. The number of nitrogens with one attached hydrogen (secondary N) is 3. The summed E-state index contributed by atoms with van der Waals surface area (Å²) in [5.74, 6) is -1.79. The number of amides is 3. The minimum Gasteiger partial charge on any atom is -0.452 e. The van der Waals surface area contributed by atoms with Crippen LogP contribution in [0.25, 0.3) is 0 Å². The fourth-order valence-corrected chi connectivity index (χ4v) is 2.22. The van der Waals surface area contributed by atoms with Crippen LogP contribution in [0.3, 0.4) is 0 Å². The maximum atomic E-state index is 12.1. The smallest absolute Gasteiger partial charge is 0.338 e. The molecule has 0 aliphatic heterocycles. The third-order valence-corrected chi connectivity index (χ3v) is 3.39. The lowest BCUT2D eigenvalue weighted by Crippen LogP contribution is -2.22. The predicted molar refractivity (Wildman–Crippen MR) is 99.5 cm³/mol. The number of esters is 1. The van der Waals surface area contributed by atoms with Crippen molar-refractivity contribution in [1.82, 2.24) is 5.32 Å². The molecule has 2 aromatic carbocycles. The Morgan fingerprint density at radius 3 is 2.11 bits per heavy atom. The highest BCUT2D eigenvalue weighted by molar-refractivity contribution is 5.98. The van der Waals surface area contributed by atoms with E-state index in [0.29, 0.717) is 16.9 Å². The van der Waals surface area contributed by atoms with Gasteiger partial charge in [0, 0.05) is 30.9 Å². The first-order valence-electron chi connectivity index (χ1n) is 8.06. The summed E-state index contributed by atoms with van der Waals surface area (Å²) >= 11 is 0. The summed E-state index contributed by atoms with van der Waals surface area (Å²) in [4.78, 5) is 46.7. The summed E-state index contributed by atoms with van der Waals surface area (Å²) in [6, 6.07) is 12.5. The number of carbonyl (C=O) groups is 4. The second kappa shape index (κ2) is 9.14. The van der Waals surface area contributed by atoms with Crippen molar-refractivity contribution in [3.63, 3.8) is 0 Å². The van der Waals surface area contributed by atoms with Gasteiger partial charge in [-0.2, -0.15) is 0 Å². The van der Waals surface area contributed by atoms with Gasteiger partial charge in [-0.3, -0.25) is 14.4 Å². The standard InChI is InChI=1S/C19H19N3O5/c1-12(23)21-15-7-4-6-14(10-15)19(26)27-11-17(24)22-16-8-3-5-13(9-16)18(25)20-2/h3-10H,11H2,1-2H3,(H,20,25)(H,21,23)(H,22,24). The second-order valence-electron chi connectivity index (χ2n) is 5.55. The van der Waals surface area contributed by atoms with Crippen LogP contribution < -0.4 is 16.0 Å². The van der Waals surface area contributed by atoms with Crippen LogP contribution in [0.1, 0.15) is 27.6 Å². The van der Waals surface area contributed by atoms with E-state index < -0.39 is 18.5 Å². The summed E-state index contributed by atoms with van der Waals surface area (Å²) in [6.45, 7) is 0.863. The van der Waals surface area contributed by atoms with E-state index in [-0.39, 0.29) is 17.4 Å². The van der Waals surface area contributed by atoms with Crippen molar-refractivity contribution in [3.8, 4) is 0 Å². The Morgan fingerprint density at radius 2 is 1.48 bits per heavy atom. The molecule has 0 aliphatic carbocycles. The molecule has 2 rings (SSSR count). The molecular weight excluding hydrogens is 350 g/mol. The van der Waals surface area contributed by atoms with Crippen LogP contribution in [0.15, 0.2) is 48.5 Å². The van der Waals surface area contributed by atoms with E-state index in [0.717, 1.165) is 0 Å². The van der Waals surface area contributed by atoms with Gasteiger partial charge in [0.1, 0.15) is 0 Å². The number of hydrogen-bond acceptors (Lipinski definition) is 5. The topological polar surface area (TPSA) is 114 Å². The molecule has 140 valence electrons. The maximum absolute atomic E-state index is 12.1. The molecule has 3 N–H and O–H groups in total. The number of carbonyl (C=O) groups excluding carboxylic acids is 4. The second-order valence-corrected chi connectivity index (χ2v) is 5.55. The Bertz CT molecular complexity index is 879. The molecule has 8 nitrogen and oxygen atoms in total. The maximum Gasteiger partial charge on any atom is 0.338 e. The van der Waals surface area contributed by atoms with Crippen molar-refractivity contribution < 1.29 is 23.9 Å². The van der Waals surface area contributed by atoms with Crippen molar-refractivity contribution in [3.05, 3.63) is 59.7 Å². The monoisotopic (exact) mass is 369 g/mol. The minimum absolute atomic E-state index is 0.204. The molecule has 0 unspecified atom stereocenters. The largest absolute Gasteiger partial charge is 0.452 e.